The zero-order valence-corrected chi connectivity index (χ0v) is 12.0. The van der Waals surface area contributed by atoms with Gasteiger partial charge in [0.1, 0.15) is 0 Å². The van der Waals surface area contributed by atoms with Gasteiger partial charge in [0.25, 0.3) is 0 Å². The first-order valence-corrected chi connectivity index (χ1v) is 7.41. The van der Waals surface area contributed by atoms with Crippen molar-refractivity contribution >= 4 is 0 Å². The molecule has 17 heavy (non-hydrogen) atoms. The smallest absolute Gasteiger partial charge is 0.0220 e. The molecule has 0 aromatic carbocycles. The number of rotatable bonds is 7. The average Bonchev–Trinajstić information content (AvgIpc) is 2.50. The number of nitrogens with one attached hydrogen (secondary N) is 1. The minimum Gasteiger partial charge on any atom is -0.317 e. The van der Waals surface area contributed by atoms with Crippen LogP contribution in [0.25, 0.3) is 0 Å². The van der Waals surface area contributed by atoms with Gasteiger partial charge < -0.3 is 10.2 Å². The maximum absolute atomic E-state index is 3.40. The predicted octanol–water partition coefficient (Wildman–Crippen LogP) is 1.79. The molecule has 1 heterocycles. The third kappa shape index (κ3) is 5.84. The molecule has 1 N–H and O–H groups in total. The highest BCUT2D eigenvalue weighted by Crippen LogP contribution is 2.12. The van der Waals surface area contributed by atoms with Crippen molar-refractivity contribution < 1.29 is 0 Å². The van der Waals surface area contributed by atoms with Gasteiger partial charge in [-0.1, -0.05) is 13.8 Å². The Balaban J connectivity index is 2.23. The van der Waals surface area contributed by atoms with Gasteiger partial charge in [-0.2, -0.15) is 0 Å². The Kier molecular flexibility index (Phi) is 7.82. The highest BCUT2D eigenvalue weighted by atomic mass is 15.2. The molecule has 0 saturated carbocycles. The zero-order chi connectivity index (χ0) is 12.5. The molecule has 1 aliphatic rings. The van der Waals surface area contributed by atoms with Crippen LogP contribution < -0.4 is 5.32 Å². The molecular formula is C14H31N3. The van der Waals surface area contributed by atoms with Crippen LogP contribution >= 0.6 is 0 Å². The van der Waals surface area contributed by atoms with Gasteiger partial charge in [-0.25, -0.2) is 0 Å². The van der Waals surface area contributed by atoms with Gasteiger partial charge in [0, 0.05) is 12.6 Å². The van der Waals surface area contributed by atoms with Crippen LogP contribution in [0.4, 0.5) is 0 Å². The Labute approximate surface area is 108 Å². The van der Waals surface area contributed by atoms with E-state index in [1.54, 1.807) is 0 Å². The van der Waals surface area contributed by atoms with E-state index in [4.69, 9.17) is 0 Å². The van der Waals surface area contributed by atoms with E-state index >= 15 is 0 Å². The largest absolute Gasteiger partial charge is 0.317 e. The second-order valence-electron chi connectivity index (χ2n) is 5.27. The highest BCUT2D eigenvalue weighted by Gasteiger charge is 2.20. The Morgan fingerprint density at radius 1 is 1.18 bits per heavy atom. The van der Waals surface area contributed by atoms with Crippen LogP contribution in [0.5, 0.6) is 0 Å². The van der Waals surface area contributed by atoms with Crippen molar-refractivity contribution in [2.45, 2.75) is 45.6 Å². The summed E-state index contributed by atoms with van der Waals surface area (Å²) in [5, 5.41) is 3.40. The van der Waals surface area contributed by atoms with Crippen LogP contribution in [0, 0.1) is 0 Å². The van der Waals surface area contributed by atoms with E-state index in [9.17, 15) is 0 Å². The van der Waals surface area contributed by atoms with E-state index in [1.165, 1.54) is 58.4 Å². The van der Waals surface area contributed by atoms with Gasteiger partial charge in [0.05, 0.1) is 0 Å². The Morgan fingerprint density at radius 2 is 2.00 bits per heavy atom. The maximum Gasteiger partial charge on any atom is 0.0220 e. The molecule has 0 bridgehead atoms. The Morgan fingerprint density at radius 3 is 2.71 bits per heavy atom. The predicted molar refractivity (Wildman–Crippen MR) is 75.5 cm³/mol. The zero-order valence-electron chi connectivity index (χ0n) is 12.0. The van der Waals surface area contributed by atoms with Gasteiger partial charge in [0.15, 0.2) is 0 Å². The molecule has 1 unspecified atom stereocenters. The van der Waals surface area contributed by atoms with Gasteiger partial charge in [-0.15, -0.1) is 0 Å². The average molecular weight is 241 g/mol. The third-order valence-corrected chi connectivity index (χ3v) is 3.79. The van der Waals surface area contributed by atoms with E-state index in [0.717, 1.165) is 12.6 Å². The fourth-order valence-electron chi connectivity index (χ4n) is 2.72. The normalized spacial score (nSPS) is 23.8. The highest BCUT2D eigenvalue weighted by molar-refractivity contribution is 4.77. The summed E-state index contributed by atoms with van der Waals surface area (Å²) in [5.74, 6) is 0. The molecule has 0 aromatic heterocycles. The molecule has 0 radical (unpaired) electrons. The topological polar surface area (TPSA) is 18.5 Å². The van der Waals surface area contributed by atoms with Gasteiger partial charge in [-0.3, -0.25) is 4.90 Å². The first kappa shape index (κ1) is 14.9. The molecule has 0 aromatic rings. The number of likely N-dealkylation sites (N-methyl/N-ethyl adjacent to an activating group) is 1. The second-order valence-corrected chi connectivity index (χ2v) is 5.27. The minimum atomic E-state index is 0.779. The standard InChI is InChI=1S/C14H31N3/c1-4-14-13-16(3)10-8-12-17(14)11-7-6-9-15-5-2/h14-15H,4-13H2,1-3H3. The molecule has 1 fully saturated rings. The van der Waals surface area contributed by atoms with Crippen LogP contribution in [0.2, 0.25) is 0 Å². The summed E-state index contributed by atoms with van der Waals surface area (Å²) in [6, 6.07) is 0.779. The number of hydrogen-bond donors (Lipinski definition) is 1. The van der Waals surface area contributed by atoms with E-state index in [0.29, 0.717) is 0 Å². The lowest BCUT2D eigenvalue weighted by Crippen LogP contribution is -2.40. The van der Waals surface area contributed by atoms with Crippen molar-refractivity contribution in [1.29, 1.82) is 0 Å². The summed E-state index contributed by atoms with van der Waals surface area (Å²) < 4.78 is 0. The second kappa shape index (κ2) is 8.90. The molecule has 0 amide bonds. The maximum atomic E-state index is 3.40. The first-order chi connectivity index (χ1) is 8.27. The van der Waals surface area contributed by atoms with Gasteiger partial charge in [-0.05, 0) is 65.5 Å². The third-order valence-electron chi connectivity index (χ3n) is 3.79. The van der Waals surface area contributed by atoms with Gasteiger partial charge in [0.2, 0.25) is 0 Å². The lowest BCUT2D eigenvalue weighted by atomic mass is 10.1. The lowest BCUT2D eigenvalue weighted by Gasteiger charge is -2.30. The fourth-order valence-corrected chi connectivity index (χ4v) is 2.72. The fraction of sp³-hybridized carbons (Fsp3) is 1.00. The summed E-state index contributed by atoms with van der Waals surface area (Å²) in [5.41, 5.74) is 0. The molecule has 1 saturated heterocycles. The number of nitrogens with zero attached hydrogens (tertiary/aromatic N) is 2. The van der Waals surface area contributed by atoms with Crippen molar-refractivity contribution in [2.24, 2.45) is 0 Å². The summed E-state index contributed by atoms with van der Waals surface area (Å²) in [6.45, 7) is 11.9. The van der Waals surface area contributed by atoms with Crippen molar-refractivity contribution in [3.05, 3.63) is 0 Å². The molecule has 1 atom stereocenters. The molecule has 1 rings (SSSR count). The van der Waals surface area contributed by atoms with Crippen LogP contribution in [0.3, 0.4) is 0 Å². The van der Waals surface area contributed by atoms with Gasteiger partial charge >= 0.3 is 0 Å². The first-order valence-electron chi connectivity index (χ1n) is 7.41. The van der Waals surface area contributed by atoms with Crippen molar-refractivity contribution in [1.82, 2.24) is 15.1 Å². The van der Waals surface area contributed by atoms with Crippen molar-refractivity contribution in [3.63, 3.8) is 0 Å². The van der Waals surface area contributed by atoms with Crippen molar-refractivity contribution in [3.8, 4) is 0 Å². The summed E-state index contributed by atoms with van der Waals surface area (Å²) in [7, 11) is 2.26. The minimum absolute atomic E-state index is 0.779. The van der Waals surface area contributed by atoms with Crippen LogP contribution in [-0.4, -0.2) is 62.2 Å². The van der Waals surface area contributed by atoms with Crippen LogP contribution in [0.1, 0.15) is 39.5 Å². The van der Waals surface area contributed by atoms with E-state index in [1.807, 2.05) is 0 Å². The Hall–Kier alpha value is -0.120. The van der Waals surface area contributed by atoms with E-state index in [2.05, 4.69) is 36.0 Å². The Bertz CT molecular complexity index is 184. The molecule has 0 spiro atoms. The quantitative estimate of drug-likeness (QED) is 0.686. The molecule has 3 heteroatoms. The van der Waals surface area contributed by atoms with E-state index < -0.39 is 0 Å². The number of hydrogen-bond acceptors (Lipinski definition) is 3. The molecule has 1 aliphatic heterocycles. The number of unbranched alkanes of at least 4 members (excludes halogenated alkanes) is 1. The summed E-state index contributed by atoms with van der Waals surface area (Å²) in [6.07, 6.45) is 5.28. The monoisotopic (exact) mass is 241 g/mol. The molecule has 102 valence electrons. The lowest BCUT2D eigenvalue weighted by molar-refractivity contribution is 0.180. The summed E-state index contributed by atoms with van der Waals surface area (Å²) >= 11 is 0. The molecule has 3 nitrogen and oxygen atoms in total. The van der Waals surface area contributed by atoms with Crippen LogP contribution in [0.15, 0.2) is 0 Å². The molecular weight excluding hydrogens is 210 g/mol. The molecule has 0 aliphatic carbocycles. The van der Waals surface area contributed by atoms with Crippen molar-refractivity contribution in [2.75, 3.05) is 46.3 Å². The van der Waals surface area contributed by atoms with Crippen LogP contribution in [-0.2, 0) is 0 Å². The SMILES string of the molecule is CCNCCCCN1CCCN(C)CC1CC. The van der Waals surface area contributed by atoms with E-state index in [-0.39, 0.29) is 0 Å². The summed E-state index contributed by atoms with van der Waals surface area (Å²) in [4.78, 5) is 5.21.